The van der Waals surface area contributed by atoms with Gasteiger partial charge in [-0.3, -0.25) is 14.6 Å². The largest absolute Gasteiger partial charge is 0.446 e. The molecule has 0 aliphatic heterocycles. The molecule has 1 aromatic heterocycles. The van der Waals surface area contributed by atoms with Gasteiger partial charge in [0.1, 0.15) is 5.69 Å². The number of thioether (sulfide) groups is 1. The minimum Gasteiger partial charge on any atom is -0.348 e. The number of halogens is 3. The number of carbonyl (C=O) groups excluding carboxylic acids is 1. The van der Waals surface area contributed by atoms with Crippen LogP contribution in [0.3, 0.4) is 0 Å². The fourth-order valence-corrected chi connectivity index (χ4v) is 3.18. The second kappa shape index (κ2) is 8.48. The van der Waals surface area contributed by atoms with E-state index in [9.17, 15) is 22.8 Å². The molecular formula is C19H23F3N4O2S. The van der Waals surface area contributed by atoms with E-state index in [2.05, 4.69) is 15.3 Å². The predicted octanol–water partition coefficient (Wildman–Crippen LogP) is 3.97. The lowest BCUT2D eigenvalue weighted by Gasteiger charge is -2.32. The highest BCUT2D eigenvalue weighted by Gasteiger charge is 2.31. The van der Waals surface area contributed by atoms with E-state index in [0.717, 1.165) is 6.07 Å². The Labute approximate surface area is 170 Å². The number of aromatic nitrogens is 2. The summed E-state index contributed by atoms with van der Waals surface area (Å²) >= 11 is -0.195. The van der Waals surface area contributed by atoms with E-state index in [1.165, 1.54) is 12.1 Å². The molecule has 1 heterocycles. The standard InChI is InChI=1S/C19H23F3N4O2S/c1-18(2,3)15(11-6-8-12(9-7-11)29-19(20,21)22)25-16(28)13-10-14(27)24-17(23-13)26(4)5/h6-10,15H,1-5H3,(H,25,28)(H,23,24,27). The normalized spacial score (nSPS) is 13.1. The highest BCUT2D eigenvalue weighted by Crippen LogP contribution is 2.38. The molecule has 6 nitrogen and oxygen atoms in total. The summed E-state index contributed by atoms with van der Waals surface area (Å²) in [6, 6.07) is 6.44. The van der Waals surface area contributed by atoms with Crippen molar-refractivity contribution >= 4 is 23.6 Å². The summed E-state index contributed by atoms with van der Waals surface area (Å²) in [5.74, 6) is -0.309. The van der Waals surface area contributed by atoms with E-state index >= 15 is 0 Å². The zero-order chi connectivity index (χ0) is 22.0. The SMILES string of the molecule is CN(C)c1nc(C(=O)NC(c2ccc(SC(F)(F)F)cc2)C(C)(C)C)cc(=O)[nH]1. The fraction of sp³-hybridized carbons (Fsp3) is 0.421. The van der Waals surface area contributed by atoms with E-state index < -0.39 is 28.4 Å². The Morgan fingerprint density at radius 3 is 2.24 bits per heavy atom. The molecule has 1 unspecified atom stereocenters. The van der Waals surface area contributed by atoms with Crippen LogP contribution in [-0.4, -0.2) is 35.5 Å². The number of benzene rings is 1. The molecule has 0 bridgehead atoms. The second-order valence-corrected chi connectivity index (χ2v) is 8.88. The second-order valence-electron chi connectivity index (χ2n) is 7.74. The van der Waals surface area contributed by atoms with Crippen LogP contribution in [0.2, 0.25) is 0 Å². The first-order valence-corrected chi connectivity index (χ1v) is 9.53. The van der Waals surface area contributed by atoms with Gasteiger partial charge in [-0.25, -0.2) is 4.98 Å². The number of nitrogens with zero attached hydrogens (tertiary/aromatic N) is 2. The van der Waals surface area contributed by atoms with Crippen LogP contribution in [0, 0.1) is 5.41 Å². The van der Waals surface area contributed by atoms with Gasteiger partial charge in [0, 0.05) is 25.1 Å². The summed E-state index contributed by atoms with van der Waals surface area (Å²) in [6.07, 6.45) is 0. The molecule has 29 heavy (non-hydrogen) atoms. The van der Waals surface area contributed by atoms with Crippen molar-refractivity contribution in [1.29, 1.82) is 0 Å². The molecule has 2 N–H and O–H groups in total. The number of hydrogen-bond acceptors (Lipinski definition) is 5. The monoisotopic (exact) mass is 428 g/mol. The van der Waals surface area contributed by atoms with Crippen LogP contribution >= 0.6 is 11.8 Å². The Morgan fingerprint density at radius 1 is 1.17 bits per heavy atom. The maximum absolute atomic E-state index is 12.8. The van der Waals surface area contributed by atoms with Crippen LogP contribution in [0.15, 0.2) is 40.0 Å². The van der Waals surface area contributed by atoms with Crippen molar-refractivity contribution < 1.29 is 18.0 Å². The molecule has 0 saturated carbocycles. The van der Waals surface area contributed by atoms with Crippen molar-refractivity contribution in [2.75, 3.05) is 19.0 Å². The predicted molar refractivity (Wildman–Crippen MR) is 107 cm³/mol. The van der Waals surface area contributed by atoms with Crippen LogP contribution < -0.4 is 15.8 Å². The number of nitrogens with one attached hydrogen (secondary N) is 2. The third kappa shape index (κ3) is 6.52. The van der Waals surface area contributed by atoms with Gasteiger partial charge in [0.25, 0.3) is 11.5 Å². The minimum absolute atomic E-state index is 0.0454. The van der Waals surface area contributed by atoms with Gasteiger partial charge < -0.3 is 10.2 Å². The van der Waals surface area contributed by atoms with Gasteiger partial charge >= 0.3 is 5.51 Å². The highest BCUT2D eigenvalue weighted by atomic mass is 32.2. The van der Waals surface area contributed by atoms with Gasteiger partial charge in [0.15, 0.2) is 0 Å². The third-order valence-corrected chi connectivity index (χ3v) is 4.71. The van der Waals surface area contributed by atoms with E-state index in [-0.39, 0.29) is 28.3 Å². The molecule has 10 heteroatoms. The summed E-state index contributed by atoms with van der Waals surface area (Å²) in [5, 5.41) is 2.85. The van der Waals surface area contributed by atoms with Crippen molar-refractivity contribution in [3.05, 3.63) is 51.9 Å². The van der Waals surface area contributed by atoms with Crippen LogP contribution in [-0.2, 0) is 0 Å². The Bertz CT molecular complexity index is 919. The molecule has 0 radical (unpaired) electrons. The summed E-state index contributed by atoms with van der Waals surface area (Å²) in [4.78, 5) is 32.9. The number of hydrogen-bond donors (Lipinski definition) is 2. The average molecular weight is 428 g/mol. The van der Waals surface area contributed by atoms with Gasteiger partial charge in [-0.05, 0) is 34.9 Å². The highest BCUT2D eigenvalue weighted by molar-refractivity contribution is 8.00. The summed E-state index contributed by atoms with van der Waals surface area (Å²) in [7, 11) is 3.36. The average Bonchev–Trinajstić information content (AvgIpc) is 2.57. The smallest absolute Gasteiger partial charge is 0.348 e. The van der Waals surface area contributed by atoms with Crippen LogP contribution in [0.1, 0.15) is 42.9 Å². The first-order valence-electron chi connectivity index (χ1n) is 8.71. The number of H-pyrrole nitrogens is 1. The first-order chi connectivity index (χ1) is 13.3. The lowest BCUT2D eigenvalue weighted by Crippen LogP contribution is -2.37. The molecule has 0 fully saturated rings. The Morgan fingerprint density at radius 2 is 1.76 bits per heavy atom. The topological polar surface area (TPSA) is 78.1 Å². The van der Waals surface area contributed by atoms with Crippen molar-refractivity contribution in [2.45, 2.75) is 37.2 Å². The fourth-order valence-electron chi connectivity index (χ4n) is 2.64. The Kier molecular flexibility index (Phi) is 6.67. The van der Waals surface area contributed by atoms with Crippen LogP contribution in [0.25, 0.3) is 0 Å². The van der Waals surface area contributed by atoms with Gasteiger partial charge in [-0.1, -0.05) is 32.9 Å². The van der Waals surface area contributed by atoms with Crippen molar-refractivity contribution in [1.82, 2.24) is 15.3 Å². The van der Waals surface area contributed by atoms with Crippen LogP contribution in [0.4, 0.5) is 19.1 Å². The molecule has 0 aliphatic carbocycles. The molecule has 2 aromatic rings. The zero-order valence-electron chi connectivity index (χ0n) is 16.7. The maximum Gasteiger partial charge on any atom is 0.446 e. The molecule has 1 atom stereocenters. The van der Waals surface area contributed by atoms with Crippen molar-refractivity contribution in [3.8, 4) is 0 Å². The molecule has 1 aromatic carbocycles. The van der Waals surface area contributed by atoms with E-state index in [1.807, 2.05) is 20.8 Å². The summed E-state index contributed by atoms with van der Waals surface area (Å²) in [6.45, 7) is 5.69. The molecule has 1 amide bonds. The Balaban J connectivity index is 2.30. The van der Waals surface area contributed by atoms with E-state index in [0.29, 0.717) is 5.56 Å². The molecule has 158 valence electrons. The number of amides is 1. The lowest BCUT2D eigenvalue weighted by atomic mass is 9.82. The maximum atomic E-state index is 12.8. The minimum atomic E-state index is -4.37. The quantitative estimate of drug-likeness (QED) is 0.705. The van der Waals surface area contributed by atoms with Crippen molar-refractivity contribution in [3.63, 3.8) is 0 Å². The molecular weight excluding hydrogens is 405 g/mol. The molecule has 2 rings (SSSR count). The number of anilines is 1. The number of aromatic amines is 1. The lowest BCUT2D eigenvalue weighted by molar-refractivity contribution is -0.0328. The van der Waals surface area contributed by atoms with Gasteiger partial charge in [0.05, 0.1) is 6.04 Å². The summed E-state index contributed by atoms with van der Waals surface area (Å²) in [5.41, 5.74) is -4.67. The third-order valence-electron chi connectivity index (χ3n) is 3.97. The molecule has 0 aliphatic rings. The zero-order valence-corrected chi connectivity index (χ0v) is 17.5. The number of alkyl halides is 3. The molecule has 0 spiro atoms. The number of carbonyl (C=O) groups is 1. The first kappa shape index (κ1) is 22.8. The molecule has 0 saturated heterocycles. The van der Waals surface area contributed by atoms with E-state index in [1.54, 1.807) is 31.1 Å². The van der Waals surface area contributed by atoms with Gasteiger partial charge in [0.2, 0.25) is 5.95 Å². The Hall–Kier alpha value is -2.49. The number of rotatable bonds is 5. The van der Waals surface area contributed by atoms with Crippen LogP contribution in [0.5, 0.6) is 0 Å². The van der Waals surface area contributed by atoms with Crippen molar-refractivity contribution in [2.24, 2.45) is 5.41 Å². The summed E-state index contributed by atoms with van der Waals surface area (Å²) < 4.78 is 37.6. The van der Waals surface area contributed by atoms with Gasteiger partial charge in [-0.2, -0.15) is 13.2 Å². The van der Waals surface area contributed by atoms with Gasteiger partial charge in [-0.15, -0.1) is 0 Å². The van der Waals surface area contributed by atoms with E-state index in [4.69, 9.17) is 0 Å².